The van der Waals surface area contributed by atoms with Crippen molar-refractivity contribution in [3.63, 3.8) is 0 Å². The summed E-state index contributed by atoms with van der Waals surface area (Å²) >= 11 is 0. The topological polar surface area (TPSA) is 152 Å². The molecule has 1 unspecified atom stereocenters. The van der Waals surface area contributed by atoms with E-state index in [0.717, 1.165) is 30.1 Å². The van der Waals surface area contributed by atoms with Crippen molar-refractivity contribution in [2.75, 3.05) is 36.2 Å². The van der Waals surface area contributed by atoms with E-state index in [1.54, 1.807) is 11.0 Å². The number of hydrogen-bond donors (Lipinski definition) is 3. The fourth-order valence-corrected chi connectivity index (χ4v) is 5.12. The number of aromatic nitrogens is 6. The SMILES string of the molecule is [2H]C([2H])([2H])NC(=O)c1nnc(NC(=O)C2CC2)cc1Nc1nccc2c1N(C)C(C)c1nn(COCC[Si](C)(C)C)nc1-2. The molecule has 0 bridgehead atoms. The van der Waals surface area contributed by atoms with Gasteiger partial charge in [0.2, 0.25) is 5.91 Å². The molecule has 3 aromatic rings. The van der Waals surface area contributed by atoms with Crippen molar-refractivity contribution in [3.05, 3.63) is 29.7 Å². The summed E-state index contributed by atoms with van der Waals surface area (Å²) in [6.07, 6.45) is 3.20. The predicted molar refractivity (Wildman–Crippen MR) is 154 cm³/mol. The summed E-state index contributed by atoms with van der Waals surface area (Å²) in [7, 11) is 0.674. The van der Waals surface area contributed by atoms with Crippen molar-refractivity contribution < 1.29 is 18.4 Å². The van der Waals surface area contributed by atoms with Gasteiger partial charge in [-0.05, 0) is 31.9 Å². The lowest BCUT2D eigenvalue weighted by atomic mass is 9.99. The van der Waals surface area contributed by atoms with Crippen molar-refractivity contribution in [2.45, 2.75) is 58.2 Å². The quantitative estimate of drug-likeness (QED) is 0.245. The lowest BCUT2D eigenvalue weighted by molar-refractivity contribution is -0.117. The average Bonchev–Trinajstić information content (AvgIpc) is 3.68. The van der Waals surface area contributed by atoms with Gasteiger partial charge in [0.15, 0.2) is 24.1 Å². The van der Waals surface area contributed by atoms with Gasteiger partial charge in [0.1, 0.15) is 11.4 Å². The van der Waals surface area contributed by atoms with Crippen LogP contribution in [0.1, 0.15) is 46.1 Å². The van der Waals surface area contributed by atoms with E-state index >= 15 is 0 Å². The van der Waals surface area contributed by atoms with Crippen LogP contribution in [-0.2, 0) is 16.3 Å². The number of rotatable bonds is 10. The lowest BCUT2D eigenvalue weighted by Crippen LogP contribution is -2.28. The first-order valence-electron chi connectivity index (χ1n) is 14.7. The highest BCUT2D eigenvalue weighted by Gasteiger charge is 2.34. The maximum atomic E-state index is 12.9. The van der Waals surface area contributed by atoms with Gasteiger partial charge in [-0.3, -0.25) is 9.59 Å². The summed E-state index contributed by atoms with van der Waals surface area (Å²) in [5.41, 5.74) is 2.78. The minimum Gasteiger partial charge on any atom is -0.363 e. The lowest BCUT2D eigenvalue weighted by Gasteiger charge is -2.33. The van der Waals surface area contributed by atoms with Crippen LogP contribution in [0.15, 0.2) is 18.3 Å². The molecule has 13 nitrogen and oxygen atoms in total. The molecule has 1 aliphatic heterocycles. The van der Waals surface area contributed by atoms with E-state index in [2.05, 4.69) is 45.5 Å². The predicted octanol–water partition coefficient (Wildman–Crippen LogP) is 3.40. The van der Waals surface area contributed by atoms with Gasteiger partial charge in [-0.2, -0.15) is 15.0 Å². The van der Waals surface area contributed by atoms with Crippen LogP contribution < -0.4 is 20.9 Å². The molecule has 0 radical (unpaired) electrons. The Morgan fingerprint density at radius 2 is 2.02 bits per heavy atom. The van der Waals surface area contributed by atoms with Crippen LogP contribution in [0.4, 0.5) is 23.0 Å². The Bertz CT molecular complexity index is 1540. The van der Waals surface area contributed by atoms with E-state index < -0.39 is 21.0 Å². The molecule has 0 saturated heterocycles. The number of amides is 2. The molecule has 0 aromatic carbocycles. The van der Waals surface area contributed by atoms with E-state index in [9.17, 15) is 9.59 Å². The van der Waals surface area contributed by atoms with E-state index in [4.69, 9.17) is 19.0 Å². The van der Waals surface area contributed by atoms with Crippen molar-refractivity contribution in [1.29, 1.82) is 0 Å². The summed E-state index contributed by atoms with van der Waals surface area (Å²) in [6.45, 7) is 7.03. The first kappa shape index (κ1) is 23.9. The van der Waals surface area contributed by atoms with Crippen molar-refractivity contribution in [1.82, 2.24) is 35.5 Å². The second-order valence-electron chi connectivity index (χ2n) is 11.3. The molecule has 40 heavy (non-hydrogen) atoms. The van der Waals surface area contributed by atoms with E-state index in [1.807, 2.05) is 30.3 Å². The van der Waals surface area contributed by atoms with Gasteiger partial charge in [0, 0.05) is 56.6 Å². The van der Waals surface area contributed by atoms with E-state index in [1.165, 1.54) is 6.07 Å². The van der Waals surface area contributed by atoms with Gasteiger partial charge in [0.05, 0.1) is 17.4 Å². The molecular formula is C26H36N10O3Si. The smallest absolute Gasteiger partial charge is 0.273 e. The zero-order valence-corrected chi connectivity index (χ0v) is 24.3. The molecule has 0 spiro atoms. The Morgan fingerprint density at radius 1 is 1.23 bits per heavy atom. The molecule has 5 rings (SSSR count). The highest BCUT2D eigenvalue weighted by Crippen LogP contribution is 2.45. The molecule has 4 heterocycles. The first-order valence-corrected chi connectivity index (χ1v) is 16.9. The number of nitrogens with one attached hydrogen (secondary N) is 3. The first-order chi connectivity index (χ1) is 20.2. The Labute approximate surface area is 238 Å². The third-order valence-corrected chi connectivity index (χ3v) is 8.67. The van der Waals surface area contributed by atoms with Crippen LogP contribution in [0.25, 0.3) is 11.3 Å². The van der Waals surface area contributed by atoms with Crippen molar-refractivity contribution in [3.8, 4) is 11.3 Å². The van der Waals surface area contributed by atoms with Crippen LogP contribution in [0, 0.1) is 5.92 Å². The molecule has 3 N–H and O–H groups in total. The average molecular weight is 568 g/mol. The third kappa shape index (κ3) is 5.82. The molecule has 1 atom stereocenters. The molecule has 2 aliphatic rings. The summed E-state index contributed by atoms with van der Waals surface area (Å²) in [5, 5.41) is 25.1. The number of carbonyl (C=O) groups is 2. The molecule has 1 saturated carbocycles. The fourth-order valence-electron chi connectivity index (χ4n) is 4.36. The molecule has 2 amide bonds. The van der Waals surface area contributed by atoms with Crippen LogP contribution in [0.2, 0.25) is 25.7 Å². The fraction of sp³-hybridized carbons (Fsp3) is 0.500. The second kappa shape index (κ2) is 10.9. The van der Waals surface area contributed by atoms with Crippen molar-refractivity contribution >= 4 is 42.9 Å². The monoisotopic (exact) mass is 567 g/mol. The number of fused-ring (bicyclic) bond motifs is 3. The van der Waals surface area contributed by atoms with Crippen LogP contribution in [0.5, 0.6) is 0 Å². The highest BCUT2D eigenvalue weighted by atomic mass is 28.3. The maximum absolute atomic E-state index is 12.9. The Morgan fingerprint density at radius 3 is 2.75 bits per heavy atom. The summed E-state index contributed by atoms with van der Waals surface area (Å²) < 4.78 is 28.2. The summed E-state index contributed by atoms with van der Waals surface area (Å²) in [5.74, 6) is -0.739. The molecular weight excluding hydrogens is 528 g/mol. The Balaban J connectivity index is 1.47. The Hall–Kier alpha value is -3.91. The van der Waals surface area contributed by atoms with Crippen LogP contribution in [0.3, 0.4) is 0 Å². The summed E-state index contributed by atoms with van der Waals surface area (Å²) in [6, 6.07) is 4.14. The Kier molecular flexibility index (Phi) is 6.54. The normalized spacial score (nSPS) is 17.7. The van der Waals surface area contributed by atoms with Crippen LogP contribution in [-0.4, -0.2) is 70.7 Å². The van der Waals surface area contributed by atoms with Gasteiger partial charge in [-0.15, -0.1) is 10.2 Å². The molecule has 3 aromatic heterocycles. The number of carbonyl (C=O) groups excluding carboxylic acids is 2. The molecule has 1 fully saturated rings. The second-order valence-corrected chi connectivity index (χ2v) is 17.0. The third-order valence-electron chi connectivity index (χ3n) is 6.97. The molecule has 212 valence electrons. The van der Waals surface area contributed by atoms with E-state index in [-0.39, 0.29) is 41.8 Å². The largest absolute Gasteiger partial charge is 0.363 e. The zero-order valence-electron chi connectivity index (χ0n) is 26.3. The van der Waals surface area contributed by atoms with Crippen LogP contribution >= 0.6 is 0 Å². The number of hydrogen-bond acceptors (Lipinski definition) is 10. The van der Waals surface area contributed by atoms with Crippen molar-refractivity contribution in [2.24, 2.45) is 5.92 Å². The number of ether oxygens (including phenoxy) is 1. The highest BCUT2D eigenvalue weighted by molar-refractivity contribution is 6.76. The number of anilines is 4. The van der Waals surface area contributed by atoms with Gasteiger partial charge >= 0.3 is 0 Å². The maximum Gasteiger partial charge on any atom is 0.273 e. The zero-order chi connectivity index (χ0) is 31.1. The number of pyridine rings is 1. The van der Waals surface area contributed by atoms with Gasteiger partial charge in [-0.25, -0.2) is 4.98 Å². The standard InChI is InChI=1S/C26H36N10O3Si/c1-15-20-21(34-36(33-20)14-39-11-12-40(4,5)6)17-9-10-28-24(23(17)35(15)3)29-18-13-19(30-25(37)16-7-8-16)31-32-22(18)26(38)27-2/h9-10,13,15-16H,7-8,11-12,14H2,1-6H3,(H,27,38)(H2,28,29,30,31,37)/i2D3. The van der Waals surface area contributed by atoms with E-state index in [0.29, 0.717) is 23.8 Å². The van der Waals surface area contributed by atoms with Gasteiger partial charge < -0.3 is 25.6 Å². The van der Waals surface area contributed by atoms with Gasteiger partial charge in [0.25, 0.3) is 5.91 Å². The minimum absolute atomic E-state index is 0.0805. The minimum atomic E-state index is -2.74. The van der Waals surface area contributed by atoms with Gasteiger partial charge in [-0.1, -0.05) is 19.6 Å². The summed E-state index contributed by atoms with van der Waals surface area (Å²) in [4.78, 5) is 33.3. The molecule has 14 heteroatoms. The number of nitrogens with zero attached hydrogens (tertiary/aromatic N) is 7. The molecule has 1 aliphatic carbocycles.